The molecule has 0 saturated heterocycles. The topological polar surface area (TPSA) is 61.5 Å². The third-order valence-electron chi connectivity index (χ3n) is 5.28. The molecule has 0 radical (unpaired) electrons. The molecule has 0 saturated carbocycles. The molecule has 4 nitrogen and oxygen atoms in total. The molecule has 5 heteroatoms. The van der Waals surface area contributed by atoms with Gasteiger partial charge in [-0.25, -0.2) is 4.39 Å². The highest BCUT2D eigenvalue weighted by molar-refractivity contribution is 5.78. The van der Waals surface area contributed by atoms with E-state index in [2.05, 4.69) is 0 Å². The van der Waals surface area contributed by atoms with Crippen LogP contribution in [0, 0.1) is 6.92 Å². The monoisotopic (exact) mass is 361 g/mol. The van der Waals surface area contributed by atoms with E-state index < -0.39 is 23.4 Å². The predicted octanol–water partition coefficient (Wildman–Crippen LogP) is 4.08. The summed E-state index contributed by atoms with van der Waals surface area (Å²) in [7, 11) is 1.44. The number of carbonyl (C=O) groups excluding carboxylic acids is 1. The van der Waals surface area contributed by atoms with E-state index >= 15 is 4.39 Å². The molecule has 0 spiro atoms. The maximum atomic E-state index is 15.3. The second-order valence-electron chi connectivity index (χ2n) is 6.74. The Bertz CT molecular complexity index is 753. The molecule has 0 aromatic heterocycles. The fourth-order valence-electron chi connectivity index (χ4n) is 3.56. The zero-order chi connectivity index (χ0) is 19.5. The van der Waals surface area contributed by atoms with Gasteiger partial charge in [-0.15, -0.1) is 0 Å². The summed E-state index contributed by atoms with van der Waals surface area (Å²) in [4.78, 5) is 11.9. The summed E-state index contributed by atoms with van der Waals surface area (Å²) in [6.45, 7) is 7.65. The van der Waals surface area contributed by atoms with E-state index in [1.165, 1.54) is 7.11 Å². The van der Waals surface area contributed by atoms with Crippen molar-refractivity contribution in [2.24, 2.45) is 5.73 Å². The Balaban J connectivity index is 2.50. The second kappa shape index (κ2) is 8.14. The molecule has 0 aliphatic heterocycles. The lowest BCUT2D eigenvalue weighted by atomic mass is 9.74. The molecular weight excluding hydrogens is 333 g/mol. The summed E-state index contributed by atoms with van der Waals surface area (Å²) in [5.74, 6) is -0.864. The van der Waals surface area contributed by atoms with Crippen LogP contribution in [-0.4, -0.2) is 31.3 Å². The van der Waals surface area contributed by atoms with Crippen LogP contribution < -0.4 is 5.73 Å². The van der Waals surface area contributed by atoms with Crippen molar-refractivity contribution < 1.29 is 18.7 Å². The third kappa shape index (κ3) is 3.60. The number of nitrogens with two attached hydrogens (primary N) is 1. The average molecular weight is 361 g/mol. The fraction of sp³-hybridized carbons (Fsp3) is 0.476. The van der Waals surface area contributed by atoms with E-state index in [0.29, 0.717) is 5.57 Å². The van der Waals surface area contributed by atoms with Gasteiger partial charge >= 0.3 is 5.97 Å². The van der Waals surface area contributed by atoms with Crippen molar-refractivity contribution in [2.75, 3.05) is 13.7 Å². The average Bonchev–Trinajstić information content (AvgIpc) is 2.61. The second-order valence-corrected chi connectivity index (χ2v) is 6.74. The SMILES string of the molecule is CCOC(=O)CC(N)C1(OC)CC(c2ccccc2C)=C(C)C(C)=C1F. The van der Waals surface area contributed by atoms with Crippen molar-refractivity contribution in [3.8, 4) is 0 Å². The molecule has 142 valence electrons. The van der Waals surface area contributed by atoms with Crippen LogP contribution in [0.1, 0.15) is 44.7 Å². The first kappa shape index (κ1) is 20.3. The lowest BCUT2D eigenvalue weighted by Gasteiger charge is -2.41. The van der Waals surface area contributed by atoms with Gasteiger partial charge in [-0.2, -0.15) is 0 Å². The quantitative estimate of drug-likeness (QED) is 0.776. The van der Waals surface area contributed by atoms with Crippen molar-refractivity contribution in [3.05, 3.63) is 52.4 Å². The highest BCUT2D eigenvalue weighted by Gasteiger charge is 2.47. The molecule has 0 amide bonds. The first-order valence-electron chi connectivity index (χ1n) is 8.87. The number of allylic oxidation sites excluding steroid dienone is 2. The molecule has 1 aliphatic rings. The third-order valence-corrected chi connectivity index (χ3v) is 5.28. The maximum absolute atomic E-state index is 15.3. The number of carbonyl (C=O) groups is 1. The van der Waals surface area contributed by atoms with E-state index in [0.717, 1.165) is 22.3 Å². The lowest BCUT2D eigenvalue weighted by molar-refractivity contribution is -0.145. The molecule has 0 heterocycles. The van der Waals surface area contributed by atoms with Gasteiger partial charge in [0.25, 0.3) is 0 Å². The van der Waals surface area contributed by atoms with Gasteiger partial charge in [0, 0.05) is 13.5 Å². The Kier molecular flexibility index (Phi) is 6.37. The van der Waals surface area contributed by atoms with Gasteiger partial charge in [-0.05, 0) is 55.5 Å². The number of methoxy groups -OCH3 is 1. The van der Waals surface area contributed by atoms with Crippen LogP contribution >= 0.6 is 0 Å². The molecule has 1 aromatic carbocycles. The van der Waals surface area contributed by atoms with Gasteiger partial charge in [0.05, 0.1) is 19.1 Å². The van der Waals surface area contributed by atoms with Gasteiger partial charge in [-0.1, -0.05) is 24.3 Å². The Labute approximate surface area is 154 Å². The zero-order valence-corrected chi connectivity index (χ0v) is 16.2. The Morgan fingerprint density at radius 3 is 2.50 bits per heavy atom. The number of hydrogen-bond donors (Lipinski definition) is 1. The summed E-state index contributed by atoms with van der Waals surface area (Å²) in [5.41, 5.74) is 9.42. The largest absolute Gasteiger partial charge is 0.466 e. The van der Waals surface area contributed by atoms with Gasteiger partial charge in [0.2, 0.25) is 0 Å². The minimum atomic E-state index is -1.38. The summed E-state index contributed by atoms with van der Waals surface area (Å²) in [6, 6.07) is 7.11. The first-order chi connectivity index (χ1) is 12.3. The minimum absolute atomic E-state index is 0.109. The van der Waals surface area contributed by atoms with Gasteiger partial charge in [0.1, 0.15) is 11.4 Å². The molecule has 2 rings (SSSR count). The number of aryl methyl sites for hydroxylation is 1. The summed E-state index contributed by atoms with van der Waals surface area (Å²) >= 11 is 0. The van der Waals surface area contributed by atoms with E-state index in [4.69, 9.17) is 15.2 Å². The number of ether oxygens (including phenoxy) is 2. The van der Waals surface area contributed by atoms with Gasteiger partial charge < -0.3 is 15.2 Å². The van der Waals surface area contributed by atoms with E-state index in [9.17, 15) is 4.79 Å². The standard InChI is InChI=1S/C21H28FNO3/c1-6-26-19(24)11-18(23)21(25-5)12-17(14(3)15(4)20(21)22)16-10-8-7-9-13(16)2/h7-10,18H,6,11-12,23H2,1-5H3. The first-order valence-corrected chi connectivity index (χ1v) is 8.87. The molecule has 1 aliphatic carbocycles. The van der Waals surface area contributed by atoms with Crippen LogP contribution in [-0.2, 0) is 14.3 Å². The van der Waals surface area contributed by atoms with E-state index in [1.54, 1.807) is 13.8 Å². The zero-order valence-electron chi connectivity index (χ0n) is 16.2. The van der Waals surface area contributed by atoms with Gasteiger partial charge in [0.15, 0.2) is 0 Å². The van der Waals surface area contributed by atoms with Crippen LogP contribution in [0.25, 0.3) is 5.57 Å². The van der Waals surface area contributed by atoms with Crippen molar-refractivity contribution in [3.63, 3.8) is 0 Å². The highest BCUT2D eigenvalue weighted by Crippen LogP contribution is 2.46. The lowest BCUT2D eigenvalue weighted by Crippen LogP contribution is -2.53. The minimum Gasteiger partial charge on any atom is -0.466 e. The van der Waals surface area contributed by atoms with Crippen LogP contribution in [0.4, 0.5) is 4.39 Å². The summed E-state index contributed by atoms with van der Waals surface area (Å²) in [5, 5.41) is 0. The van der Waals surface area contributed by atoms with Crippen molar-refractivity contribution in [1.82, 2.24) is 0 Å². The van der Waals surface area contributed by atoms with E-state index in [1.807, 2.05) is 38.1 Å². The van der Waals surface area contributed by atoms with Crippen molar-refractivity contribution >= 4 is 11.5 Å². The maximum Gasteiger partial charge on any atom is 0.307 e. The Hall–Kier alpha value is -1.98. The van der Waals surface area contributed by atoms with Crippen molar-refractivity contribution in [1.29, 1.82) is 0 Å². The number of benzene rings is 1. The fourth-order valence-corrected chi connectivity index (χ4v) is 3.56. The highest BCUT2D eigenvalue weighted by atomic mass is 19.1. The molecule has 0 fully saturated rings. The molecule has 2 unspecified atom stereocenters. The van der Waals surface area contributed by atoms with Crippen LogP contribution in [0.5, 0.6) is 0 Å². The summed E-state index contributed by atoms with van der Waals surface area (Å²) < 4.78 is 25.9. The molecule has 2 N–H and O–H groups in total. The normalized spacial score (nSPS) is 21.8. The number of rotatable bonds is 6. The van der Waals surface area contributed by atoms with Crippen molar-refractivity contribution in [2.45, 2.75) is 52.2 Å². The molecule has 2 atom stereocenters. The predicted molar refractivity (Wildman–Crippen MR) is 101 cm³/mol. The molecule has 1 aromatic rings. The smallest absolute Gasteiger partial charge is 0.307 e. The van der Waals surface area contributed by atoms with Crippen LogP contribution in [0.3, 0.4) is 0 Å². The number of halogens is 1. The Morgan fingerprint density at radius 2 is 1.92 bits per heavy atom. The van der Waals surface area contributed by atoms with E-state index in [-0.39, 0.29) is 19.4 Å². The number of esters is 1. The van der Waals surface area contributed by atoms with Gasteiger partial charge in [-0.3, -0.25) is 4.79 Å². The molecule has 0 bridgehead atoms. The number of hydrogen-bond acceptors (Lipinski definition) is 4. The Morgan fingerprint density at radius 1 is 1.27 bits per heavy atom. The summed E-state index contributed by atoms with van der Waals surface area (Å²) in [6.07, 6.45) is 0.159. The molecular formula is C21H28FNO3. The van der Waals surface area contributed by atoms with Crippen LogP contribution in [0.2, 0.25) is 0 Å². The molecule has 26 heavy (non-hydrogen) atoms. The van der Waals surface area contributed by atoms with Crippen LogP contribution in [0.15, 0.2) is 41.2 Å².